The van der Waals surface area contributed by atoms with Crippen molar-refractivity contribution in [3.8, 4) is 11.8 Å². The van der Waals surface area contributed by atoms with Crippen molar-refractivity contribution in [2.75, 3.05) is 0 Å². The first kappa shape index (κ1) is 10.5. The Morgan fingerprint density at radius 3 is 2.59 bits per heavy atom. The Morgan fingerprint density at radius 1 is 1.29 bits per heavy atom. The van der Waals surface area contributed by atoms with E-state index in [2.05, 4.69) is 0 Å². The van der Waals surface area contributed by atoms with E-state index in [1.54, 1.807) is 6.07 Å². The van der Waals surface area contributed by atoms with Crippen molar-refractivity contribution < 1.29 is 17.9 Å². The molecule has 1 aliphatic carbocycles. The fourth-order valence-electron chi connectivity index (χ4n) is 2.23. The van der Waals surface area contributed by atoms with Crippen LogP contribution in [0.1, 0.15) is 30.4 Å². The molecule has 0 amide bonds. The smallest absolute Gasteiger partial charge is 0.280 e. The number of nitriles is 1. The van der Waals surface area contributed by atoms with Crippen molar-refractivity contribution >= 4 is 0 Å². The second-order valence-electron chi connectivity index (χ2n) is 4.61. The van der Waals surface area contributed by atoms with Crippen LogP contribution in [0.25, 0.3) is 0 Å². The summed E-state index contributed by atoms with van der Waals surface area (Å²) >= 11 is 0. The fraction of sp³-hybridized carbons (Fsp3) is 0.417. The van der Waals surface area contributed by atoms with Crippen molar-refractivity contribution in [3.05, 3.63) is 29.1 Å². The molecule has 1 aliphatic heterocycles. The first-order valence-corrected chi connectivity index (χ1v) is 5.27. The normalized spacial score (nSPS) is 22.5. The Hall–Kier alpha value is -1.70. The summed E-state index contributed by atoms with van der Waals surface area (Å²) in [6.45, 7) is 0. The molecule has 88 valence electrons. The third-order valence-electron chi connectivity index (χ3n) is 3.24. The molecule has 1 saturated carbocycles. The number of halogens is 3. The van der Waals surface area contributed by atoms with Crippen LogP contribution in [0.4, 0.5) is 13.2 Å². The van der Waals surface area contributed by atoms with Crippen LogP contribution in [0.3, 0.4) is 0 Å². The maximum Gasteiger partial charge on any atom is 0.280 e. The second-order valence-corrected chi connectivity index (χ2v) is 4.61. The molecule has 0 atom stereocenters. The van der Waals surface area contributed by atoms with Gasteiger partial charge >= 0.3 is 0 Å². The molecule has 2 aliphatic rings. The summed E-state index contributed by atoms with van der Waals surface area (Å²) in [5.74, 6) is -4.12. The molecule has 1 aromatic carbocycles. The van der Waals surface area contributed by atoms with Crippen LogP contribution in [-0.2, 0) is 5.92 Å². The van der Waals surface area contributed by atoms with Crippen molar-refractivity contribution in [2.24, 2.45) is 0 Å². The van der Waals surface area contributed by atoms with E-state index in [1.807, 2.05) is 0 Å². The highest BCUT2D eigenvalue weighted by molar-refractivity contribution is 5.52. The predicted octanol–water partition coefficient (Wildman–Crippen LogP) is 3.10. The Kier molecular flexibility index (Phi) is 1.81. The zero-order chi connectivity index (χ0) is 12.3. The highest BCUT2D eigenvalue weighted by Gasteiger charge is 2.58. The van der Waals surface area contributed by atoms with Gasteiger partial charge in [0.15, 0.2) is 0 Å². The Bertz CT molecular complexity index is 543. The van der Waals surface area contributed by atoms with Crippen LogP contribution in [-0.4, -0.2) is 5.60 Å². The number of fused-ring (bicyclic) bond motifs is 1. The van der Waals surface area contributed by atoms with Crippen LogP contribution in [0.5, 0.6) is 5.75 Å². The van der Waals surface area contributed by atoms with Crippen molar-refractivity contribution in [1.82, 2.24) is 0 Å². The molecule has 0 radical (unpaired) electrons. The largest absolute Gasteiger partial charge is 0.485 e. The number of hydrogen-bond donors (Lipinski definition) is 0. The topological polar surface area (TPSA) is 33.0 Å². The van der Waals surface area contributed by atoms with Crippen LogP contribution in [0.15, 0.2) is 12.1 Å². The van der Waals surface area contributed by atoms with E-state index in [0.717, 1.165) is 12.1 Å². The van der Waals surface area contributed by atoms with E-state index >= 15 is 0 Å². The third kappa shape index (κ3) is 1.47. The summed E-state index contributed by atoms with van der Waals surface area (Å²) in [5.41, 5.74) is -1.50. The number of benzene rings is 1. The fourth-order valence-corrected chi connectivity index (χ4v) is 2.23. The molecular weight excluding hydrogens is 231 g/mol. The molecule has 1 spiro atoms. The molecule has 0 N–H and O–H groups in total. The van der Waals surface area contributed by atoms with E-state index in [4.69, 9.17) is 10.00 Å². The SMILES string of the molecule is N#Cc1cc(F)cc2c1OC1(CC1)CC2(F)F. The maximum absolute atomic E-state index is 13.9. The van der Waals surface area contributed by atoms with Crippen molar-refractivity contribution in [2.45, 2.75) is 30.8 Å². The Labute approximate surface area is 95.6 Å². The zero-order valence-electron chi connectivity index (χ0n) is 8.77. The van der Waals surface area contributed by atoms with Gasteiger partial charge in [-0.3, -0.25) is 0 Å². The molecule has 1 heterocycles. The van der Waals surface area contributed by atoms with Gasteiger partial charge in [-0.05, 0) is 25.0 Å². The molecule has 3 rings (SSSR count). The van der Waals surface area contributed by atoms with Gasteiger partial charge in [0, 0.05) is 0 Å². The molecule has 0 saturated heterocycles. The average Bonchev–Trinajstić information content (AvgIpc) is 2.97. The van der Waals surface area contributed by atoms with Crippen molar-refractivity contribution in [1.29, 1.82) is 5.26 Å². The first-order valence-electron chi connectivity index (χ1n) is 5.27. The molecule has 1 aromatic rings. The van der Waals surface area contributed by atoms with Gasteiger partial charge in [0.2, 0.25) is 0 Å². The minimum absolute atomic E-state index is 0.150. The quantitative estimate of drug-likeness (QED) is 0.696. The lowest BCUT2D eigenvalue weighted by molar-refractivity contribution is -0.0731. The first-order chi connectivity index (χ1) is 7.96. The molecule has 5 heteroatoms. The average molecular weight is 239 g/mol. The van der Waals surface area contributed by atoms with Crippen LogP contribution >= 0.6 is 0 Å². The summed E-state index contributed by atoms with van der Waals surface area (Å²) in [4.78, 5) is 0. The Balaban J connectivity index is 2.23. The standard InChI is InChI=1S/C12H8F3NO/c13-8-3-7(5-16)10-9(4-8)12(14,15)6-11(17-10)1-2-11/h3-4H,1-2,6H2. The molecule has 0 bridgehead atoms. The second kappa shape index (κ2) is 2.95. The number of alkyl halides is 2. The molecule has 17 heavy (non-hydrogen) atoms. The van der Waals surface area contributed by atoms with Gasteiger partial charge < -0.3 is 4.74 Å². The summed E-state index contributed by atoms with van der Waals surface area (Å²) in [7, 11) is 0. The maximum atomic E-state index is 13.9. The van der Waals surface area contributed by atoms with E-state index < -0.39 is 29.3 Å². The summed E-state index contributed by atoms with van der Waals surface area (Å²) in [6.07, 6.45) is 0.690. The van der Waals surface area contributed by atoms with Crippen molar-refractivity contribution in [3.63, 3.8) is 0 Å². The van der Waals surface area contributed by atoms with E-state index in [1.165, 1.54) is 0 Å². The van der Waals surface area contributed by atoms with Crippen LogP contribution < -0.4 is 4.74 Å². The Morgan fingerprint density at radius 2 is 2.00 bits per heavy atom. The van der Waals surface area contributed by atoms with Crippen LogP contribution in [0, 0.1) is 17.1 Å². The highest BCUT2D eigenvalue weighted by atomic mass is 19.3. The number of nitrogens with zero attached hydrogens (tertiary/aromatic N) is 1. The van der Waals surface area contributed by atoms with Gasteiger partial charge in [0.05, 0.1) is 17.5 Å². The monoisotopic (exact) mass is 239 g/mol. The van der Waals surface area contributed by atoms with Gasteiger partial charge in [-0.2, -0.15) is 5.26 Å². The molecule has 1 fully saturated rings. The van der Waals surface area contributed by atoms with Crippen LogP contribution in [0.2, 0.25) is 0 Å². The van der Waals surface area contributed by atoms with Gasteiger partial charge in [-0.1, -0.05) is 0 Å². The summed E-state index contributed by atoms with van der Waals surface area (Å²) in [6, 6.07) is 3.38. The van der Waals surface area contributed by atoms with Gasteiger partial charge in [0.1, 0.15) is 23.2 Å². The minimum atomic E-state index is -3.13. The summed E-state index contributed by atoms with van der Waals surface area (Å²) < 4.78 is 46.4. The predicted molar refractivity (Wildman–Crippen MR) is 52.2 cm³/mol. The zero-order valence-corrected chi connectivity index (χ0v) is 8.77. The third-order valence-corrected chi connectivity index (χ3v) is 3.24. The van der Waals surface area contributed by atoms with E-state index in [-0.39, 0.29) is 11.3 Å². The van der Waals surface area contributed by atoms with Gasteiger partial charge in [0.25, 0.3) is 5.92 Å². The van der Waals surface area contributed by atoms with E-state index in [0.29, 0.717) is 12.8 Å². The molecule has 0 unspecified atom stereocenters. The lowest BCUT2D eigenvalue weighted by Crippen LogP contribution is -2.34. The lowest BCUT2D eigenvalue weighted by Gasteiger charge is -2.32. The number of rotatable bonds is 0. The van der Waals surface area contributed by atoms with E-state index in [9.17, 15) is 13.2 Å². The number of ether oxygens (including phenoxy) is 1. The minimum Gasteiger partial charge on any atom is -0.485 e. The summed E-state index contributed by atoms with van der Waals surface area (Å²) in [5, 5.41) is 8.84. The molecule has 2 nitrogen and oxygen atoms in total. The lowest BCUT2D eigenvalue weighted by atomic mass is 9.94. The van der Waals surface area contributed by atoms with Gasteiger partial charge in [-0.15, -0.1) is 0 Å². The molecular formula is C12H8F3NO. The number of hydrogen-bond acceptors (Lipinski definition) is 2. The molecule has 0 aromatic heterocycles. The van der Waals surface area contributed by atoms with Gasteiger partial charge in [-0.25, -0.2) is 13.2 Å². The highest BCUT2D eigenvalue weighted by Crippen LogP contribution is 2.57.